The van der Waals surface area contributed by atoms with E-state index in [4.69, 9.17) is 14.2 Å². The fourth-order valence-corrected chi connectivity index (χ4v) is 2.16. The lowest BCUT2D eigenvalue weighted by molar-refractivity contribution is 0.354. The van der Waals surface area contributed by atoms with Gasteiger partial charge in [0, 0.05) is 18.3 Å². The quantitative estimate of drug-likeness (QED) is 0.798. The van der Waals surface area contributed by atoms with E-state index in [2.05, 4.69) is 4.99 Å². The topological polar surface area (TPSA) is 60.3 Å². The molecule has 0 aliphatic heterocycles. The Bertz CT molecular complexity index is 683. The molecule has 0 amide bonds. The molecule has 5 heteroatoms. The van der Waals surface area contributed by atoms with E-state index in [1.165, 1.54) is 0 Å². The normalized spacial score (nSPS) is 10.7. The summed E-state index contributed by atoms with van der Waals surface area (Å²) in [4.78, 5) is 4.36. The summed E-state index contributed by atoms with van der Waals surface area (Å²) < 4.78 is 15.6. The van der Waals surface area contributed by atoms with Crippen LogP contribution in [0.4, 0.5) is 0 Å². The Labute approximate surface area is 136 Å². The van der Waals surface area contributed by atoms with Crippen LogP contribution in [0.15, 0.2) is 41.4 Å². The van der Waals surface area contributed by atoms with Crippen LogP contribution >= 0.6 is 0 Å². The Kier molecular flexibility index (Phi) is 5.86. The highest BCUT2D eigenvalue weighted by atomic mass is 16.5. The van der Waals surface area contributed by atoms with Crippen molar-refractivity contribution < 1.29 is 19.3 Å². The molecule has 5 nitrogen and oxygen atoms in total. The lowest BCUT2D eigenvalue weighted by atomic mass is 10.1. The third-order valence-corrected chi connectivity index (χ3v) is 3.44. The van der Waals surface area contributed by atoms with Crippen molar-refractivity contribution in [2.45, 2.75) is 6.42 Å². The van der Waals surface area contributed by atoms with Crippen LogP contribution in [0.5, 0.6) is 23.0 Å². The molecule has 0 fully saturated rings. The fraction of sp³-hybridized carbons (Fsp3) is 0.278. The second-order valence-corrected chi connectivity index (χ2v) is 4.90. The number of methoxy groups -OCH3 is 3. The van der Waals surface area contributed by atoms with Crippen molar-refractivity contribution in [2.75, 3.05) is 27.9 Å². The molecule has 2 rings (SSSR count). The zero-order valence-corrected chi connectivity index (χ0v) is 13.6. The number of phenolic OH excluding ortho intramolecular Hbond substituents is 1. The van der Waals surface area contributed by atoms with E-state index < -0.39 is 0 Å². The molecule has 0 unspecified atom stereocenters. The number of phenols is 1. The number of benzene rings is 2. The lowest BCUT2D eigenvalue weighted by Crippen LogP contribution is -1.95. The van der Waals surface area contributed by atoms with Gasteiger partial charge in [0.15, 0.2) is 11.5 Å². The van der Waals surface area contributed by atoms with E-state index in [1.807, 2.05) is 18.2 Å². The maximum absolute atomic E-state index is 9.80. The minimum Gasteiger partial charge on any atom is -0.507 e. The molecule has 2 aromatic carbocycles. The van der Waals surface area contributed by atoms with E-state index in [1.54, 1.807) is 45.7 Å². The van der Waals surface area contributed by atoms with Gasteiger partial charge in [0.2, 0.25) is 0 Å². The van der Waals surface area contributed by atoms with Gasteiger partial charge >= 0.3 is 0 Å². The molecule has 0 atom stereocenters. The van der Waals surface area contributed by atoms with E-state index in [9.17, 15) is 5.11 Å². The molecule has 0 heterocycles. The van der Waals surface area contributed by atoms with Gasteiger partial charge < -0.3 is 19.3 Å². The zero-order valence-electron chi connectivity index (χ0n) is 13.6. The van der Waals surface area contributed by atoms with Gasteiger partial charge in [-0.1, -0.05) is 6.07 Å². The van der Waals surface area contributed by atoms with Crippen LogP contribution in [-0.2, 0) is 6.42 Å². The number of ether oxygens (including phenoxy) is 3. The minimum absolute atomic E-state index is 0.181. The average molecular weight is 315 g/mol. The second-order valence-electron chi connectivity index (χ2n) is 4.90. The number of aliphatic imine (C=N–C) groups is 1. The summed E-state index contributed by atoms with van der Waals surface area (Å²) in [7, 11) is 4.82. The first-order valence-corrected chi connectivity index (χ1v) is 7.25. The smallest absolute Gasteiger partial charge is 0.160 e. The number of hydrogen-bond acceptors (Lipinski definition) is 5. The highest BCUT2D eigenvalue weighted by Gasteiger charge is 2.04. The highest BCUT2D eigenvalue weighted by molar-refractivity contribution is 5.84. The predicted octanol–water partition coefficient (Wildman–Crippen LogP) is 3.08. The van der Waals surface area contributed by atoms with Gasteiger partial charge in [-0.3, -0.25) is 4.99 Å². The summed E-state index contributed by atoms with van der Waals surface area (Å²) in [5.41, 5.74) is 1.74. The molecule has 0 aliphatic carbocycles. The van der Waals surface area contributed by atoms with Gasteiger partial charge in [-0.15, -0.1) is 0 Å². The van der Waals surface area contributed by atoms with Crippen LogP contribution in [-0.4, -0.2) is 39.2 Å². The van der Waals surface area contributed by atoms with Crippen LogP contribution < -0.4 is 14.2 Å². The SMILES string of the molecule is COc1ccc(O)c(C=NCCc2ccc(OC)c(OC)c2)c1. The maximum Gasteiger partial charge on any atom is 0.160 e. The average Bonchev–Trinajstić information content (AvgIpc) is 2.59. The first-order chi connectivity index (χ1) is 11.2. The number of nitrogens with zero attached hydrogens (tertiary/aromatic N) is 1. The van der Waals surface area contributed by atoms with Gasteiger partial charge in [0.1, 0.15) is 11.5 Å². The maximum atomic E-state index is 9.80. The Hall–Kier alpha value is -2.69. The van der Waals surface area contributed by atoms with Crippen molar-refractivity contribution in [1.29, 1.82) is 0 Å². The molecule has 23 heavy (non-hydrogen) atoms. The number of aromatic hydroxyl groups is 1. The first-order valence-electron chi connectivity index (χ1n) is 7.25. The van der Waals surface area contributed by atoms with Crippen molar-refractivity contribution in [2.24, 2.45) is 4.99 Å². The van der Waals surface area contributed by atoms with Gasteiger partial charge in [-0.25, -0.2) is 0 Å². The molecule has 2 aromatic rings. The van der Waals surface area contributed by atoms with Crippen molar-refractivity contribution in [3.8, 4) is 23.0 Å². The van der Waals surface area contributed by atoms with E-state index in [-0.39, 0.29) is 5.75 Å². The monoisotopic (exact) mass is 315 g/mol. The largest absolute Gasteiger partial charge is 0.507 e. The third-order valence-electron chi connectivity index (χ3n) is 3.44. The standard InChI is InChI=1S/C18H21NO4/c1-21-15-5-6-16(20)14(11-15)12-19-9-8-13-4-7-17(22-2)18(10-13)23-3/h4-7,10-12,20H,8-9H2,1-3H3. The number of hydrogen-bond donors (Lipinski definition) is 1. The van der Waals surface area contributed by atoms with Gasteiger partial charge in [-0.05, 0) is 42.3 Å². The van der Waals surface area contributed by atoms with Gasteiger partial charge in [0.05, 0.1) is 21.3 Å². The van der Waals surface area contributed by atoms with Crippen molar-refractivity contribution >= 4 is 6.21 Å². The zero-order chi connectivity index (χ0) is 16.7. The van der Waals surface area contributed by atoms with Crippen LogP contribution in [0.1, 0.15) is 11.1 Å². The Morgan fingerprint density at radius 1 is 0.957 bits per heavy atom. The highest BCUT2D eigenvalue weighted by Crippen LogP contribution is 2.27. The molecule has 1 N–H and O–H groups in total. The van der Waals surface area contributed by atoms with Crippen LogP contribution in [0.2, 0.25) is 0 Å². The van der Waals surface area contributed by atoms with Crippen LogP contribution in [0, 0.1) is 0 Å². The molecule has 0 bridgehead atoms. The van der Waals surface area contributed by atoms with Crippen LogP contribution in [0.3, 0.4) is 0 Å². The molecule has 0 saturated carbocycles. The van der Waals surface area contributed by atoms with E-state index in [0.717, 1.165) is 12.0 Å². The van der Waals surface area contributed by atoms with Gasteiger partial charge in [-0.2, -0.15) is 0 Å². The summed E-state index contributed by atoms with van der Waals surface area (Å²) in [5, 5.41) is 9.80. The fourth-order valence-electron chi connectivity index (χ4n) is 2.16. The summed E-state index contributed by atoms with van der Waals surface area (Å²) in [6.07, 6.45) is 2.42. The lowest BCUT2D eigenvalue weighted by Gasteiger charge is -2.08. The molecule has 0 spiro atoms. The Morgan fingerprint density at radius 2 is 1.74 bits per heavy atom. The molecule has 0 aliphatic rings. The third kappa shape index (κ3) is 4.39. The molecule has 0 aromatic heterocycles. The predicted molar refractivity (Wildman–Crippen MR) is 90.4 cm³/mol. The summed E-state index contributed by atoms with van der Waals surface area (Å²) in [5.74, 6) is 2.28. The Morgan fingerprint density at radius 3 is 2.43 bits per heavy atom. The second kappa shape index (κ2) is 8.08. The van der Waals surface area contributed by atoms with E-state index >= 15 is 0 Å². The van der Waals surface area contributed by atoms with Crippen molar-refractivity contribution in [3.63, 3.8) is 0 Å². The number of rotatable bonds is 7. The molecule has 0 radical (unpaired) electrons. The van der Waals surface area contributed by atoms with Crippen LogP contribution in [0.25, 0.3) is 0 Å². The summed E-state index contributed by atoms with van der Waals surface area (Å²) in [6.45, 7) is 0.603. The molecular weight excluding hydrogens is 294 g/mol. The summed E-state index contributed by atoms with van der Waals surface area (Å²) >= 11 is 0. The van der Waals surface area contributed by atoms with E-state index in [0.29, 0.717) is 29.4 Å². The first kappa shape index (κ1) is 16.7. The van der Waals surface area contributed by atoms with Crippen molar-refractivity contribution in [3.05, 3.63) is 47.5 Å². The molecule has 122 valence electrons. The Balaban J connectivity index is 1.99. The molecule has 0 saturated heterocycles. The summed E-state index contributed by atoms with van der Waals surface area (Å²) in [6, 6.07) is 10.9. The minimum atomic E-state index is 0.181. The van der Waals surface area contributed by atoms with Crippen molar-refractivity contribution in [1.82, 2.24) is 0 Å². The van der Waals surface area contributed by atoms with Gasteiger partial charge in [0.25, 0.3) is 0 Å². The molecular formula is C18H21NO4.